The zero-order valence-electron chi connectivity index (χ0n) is 9.25. The van der Waals surface area contributed by atoms with E-state index in [1.54, 1.807) is 19.2 Å². The summed E-state index contributed by atoms with van der Waals surface area (Å²) < 4.78 is 6.45. The highest BCUT2D eigenvalue weighted by molar-refractivity contribution is 7.99. The third kappa shape index (κ3) is 1.74. The van der Waals surface area contributed by atoms with Crippen LogP contribution in [0.3, 0.4) is 0 Å². The standard InChI is InChI=1S/C9H8N6O2S/c1-15-8(12-13-14-15)18-7-3-5-6(2-4(7)10)17-9(16)11-5/h2-3H,10H2,1H3,(H,11,16). The van der Waals surface area contributed by atoms with Gasteiger partial charge in [-0.25, -0.2) is 9.48 Å². The van der Waals surface area contributed by atoms with Crippen LogP contribution in [-0.2, 0) is 7.05 Å². The number of hydrogen-bond donors (Lipinski definition) is 2. The Hall–Kier alpha value is -2.29. The van der Waals surface area contributed by atoms with E-state index in [1.165, 1.54) is 16.4 Å². The van der Waals surface area contributed by atoms with Crippen LogP contribution < -0.4 is 11.5 Å². The number of nitrogens with zero attached hydrogens (tertiary/aromatic N) is 4. The minimum atomic E-state index is -0.508. The first kappa shape index (κ1) is 10.8. The van der Waals surface area contributed by atoms with Crippen molar-refractivity contribution >= 4 is 28.5 Å². The molecule has 18 heavy (non-hydrogen) atoms. The van der Waals surface area contributed by atoms with Gasteiger partial charge in [-0.15, -0.1) is 5.10 Å². The quantitative estimate of drug-likeness (QED) is 0.642. The van der Waals surface area contributed by atoms with Crippen molar-refractivity contribution in [1.29, 1.82) is 0 Å². The predicted molar refractivity (Wildman–Crippen MR) is 64.2 cm³/mol. The van der Waals surface area contributed by atoms with Crippen LogP contribution in [0.5, 0.6) is 0 Å². The van der Waals surface area contributed by atoms with Gasteiger partial charge < -0.3 is 10.2 Å². The van der Waals surface area contributed by atoms with Crippen LogP contribution in [0.25, 0.3) is 11.1 Å². The van der Waals surface area contributed by atoms with E-state index < -0.39 is 5.76 Å². The molecule has 0 unspecified atom stereocenters. The van der Waals surface area contributed by atoms with E-state index in [9.17, 15) is 4.79 Å². The Morgan fingerprint density at radius 2 is 2.33 bits per heavy atom. The average Bonchev–Trinajstić information content (AvgIpc) is 2.85. The number of aromatic nitrogens is 5. The Kier molecular flexibility index (Phi) is 2.33. The molecule has 0 aliphatic heterocycles. The molecule has 0 bridgehead atoms. The van der Waals surface area contributed by atoms with Gasteiger partial charge in [0, 0.05) is 23.7 Å². The van der Waals surface area contributed by atoms with Gasteiger partial charge >= 0.3 is 5.76 Å². The van der Waals surface area contributed by atoms with E-state index >= 15 is 0 Å². The van der Waals surface area contributed by atoms with E-state index in [-0.39, 0.29) is 0 Å². The van der Waals surface area contributed by atoms with Gasteiger partial charge in [-0.05, 0) is 28.3 Å². The summed E-state index contributed by atoms with van der Waals surface area (Å²) in [4.78, 5) is 14.4. The number of nitrogen functional groups attached to an aromatic ring is 1. The lowest BCUT2D eigenvalue weighted by molar-refractivity contribution is 0.555. The number of oxazole rings is 1. The Balaban J connectivity index is 2.08. The Morgan fingerprint density at radius 3 is 3.06 bits per heavy atom. The van der Waals surface area contributed by atoms with Crippen molar-refractivity contribution in [3.05, 3.63) is 22.7 Å². The molecule has 9 heteroatoms. The van der Waals surface area contributed by atoms with E-state index in [2.05, 4.69) is 20.5 Å². The summed E-state index contributed by atoms with van der Waals surface area (Å²) in [5.41, 5.74) is 7.40. The molecule has 3 N–H and O–H groups in total. The number of benzene rings is 1. The molecule has 0 aliphatic rings. The summed E-state index contributed by atoms with van der Waals surface area (Å²) in [6, 6.07) is 3.33. The van der Waals surface area contributed by atoms with Gasteiger partial charge in [0.1, 0.15) is 0 Å². The molecule has 0 fully saturated rings. The van der Waals surface area contributed by atoms with Crippen molar-refractivity contribution in [1.82, 2.24) is 25.2 Å². The van der Waals surface area contributed by atoms with Crippen LogP contribution in [0.15, 0.2) is 31.4 Å². The van der Waals surface area contributed by atoms with Crippen LogP contribution in [0.4, 0.5) is 5.69 Å². The number of H-pyrrole nitrogens is 1. The first-order valence-electron chi connectivity index (χ1n) is 4.96. The highest BCUT2D eigenvalue weighted by Gasteiger charge is 2.11. The lowest BCUT2D eigenvalue weighted by atomic mass is 10.3. The molecule has 2 heterocycles. The molecule has 1 aromatic carbocycles. The molecule has 0 spiro atoms. The molecule has 0 radical (unpaired) electrons. The maximum atomic E-state index is 11.1. The van der Waals surface area contributed by atoms with Crippen molar-refractivity contribution in [2.45, 2.75) is 10.1 Å². The molecule has 8 nitrogen and oxygen atoms in total. The minimum absolute atomic E-state index is 0.429. The number of aryl methyl sites for hydroxylation is 1. The fraction of sp³-hybridized carbons (Fsp3) is 0.111. The van der Waals surface area contributed by atoms with Crippen molar-refractivity contribution < 1.29 is 4.42 Å². The molecule has 92 valence electrons. The number of nitrogens with one attached hydrogen (secondary N) is 1. The third-order valence-corrected chi connectivity index (χ3v) is 3.44. The number of aromatic amines is 1. The smallest absolute Gasteiger partial charge is 0.408 e. The second kappa shape index (κ2) is 3.88. The third-order valence-electron chi connectivity index (χ3n) is 2.33. The highest BCUT2D eigenvalue weighted by Crippen LogP contribution is 2.32. The molecule has 3 rings (SSSR count). The average molecular weight is 264 g/mol. The SMILES string of the molecule is Cn1nnnc1Sc1cc2[nH]c(=O)oc2cc1N. The molecule has 0 amide bonds. The Morgan fingerprint density at radius 1 is 1.50 bits per heavy atom. The maximum absolute atomic E-state index is 11.1. The summed E-state index contributed by atoms with van der Waals surface area (Å²) in [6.07, 6.45) is 0. The van der Waals surface area contributed by atoms with Gasteiger partial charge in [0.15, 0.2) is 5.58 Å². The Bertz CT molecular complexity index is 773. The van der Waals surface area contributed by atoms with Crippen molar-refractivity contribution in [3.8, 4) is 0 Å². The van der Waals surface area contributed by atoms with Gasteiger partial charge in [-0.3, -0.25) is 4.98 Å². The molecule has 0 saturated carbocycles. The second-order valence-electron chi connectivity index (χ2n) is 3.59. The summed E-state index contributed by atoms with van der Waals surface area (Å²) in [5.74, 6) is -0.508. The van der Waals surface area contributed by atoms with Crippen LogP contribution in [-0.4, -0.2) is 25.2 Å². The molecule has 2 aromatic heterocycles. The second-order valence-corrected chi connectivity index (χ2v) is 4.60. The Labute approximate surface area is 104 Å². The van der Waals surface area contributed by atoms with Gasteiger partial charge in [-0.1, -0.05) is 0 Å². The van der Waals surface area contributed by atoms with Gasteiger partial charge in [0.25, 0.3) is 0 Å². The normalized spacial score (nSPS) is 11.2. The number of nitrogens with two attached hydrogens (primary N) is 1. The molecule has 0 atom stereocenters. The molecule has 0 saturated heterocycles. The van der Waals surface area contributed by atoms with E-state index in [0.717, 1.165) is 4.90 Å². The van der Waals surface area contributed by atoms with Gasteiger partial charge in [0.05, 0.1) is 5.52 Å². The van der Waals surface area contributed by atoms with Crippen LogP contribution in [0.2, 0.25) is 0 Å². The number of anilines is 1. The number of fused-ring (bicyclic) bond motifs is 1. The van der Waals surface area contributed by atoms with E-state index in [1.807, 2.05) is 0 Å². The summed E-state index contributed by atoms with van der Waals surface area (Å²) in [5, 5.41) is 11.7. The maximum Gasteiger partial charge on any atom is 0.417 e. The molecule has 0 aliphatic carbocycles. The first-order valence-corrected chi connectivity index (χ1v) is 5.77. The fourth-order valence-electron chi connectivity index (χ4n) is 1.49. The molecular formula is C9H8N6O2S. The lowest BCUT2D eigenvalue weighted by Crippen LogP contribution is -1.95. The van der Waals surface area contributed by atoms with E-state index in [4.69, 9.17) is 10.2 Å². The van der Waals surface area contributed by atoms with Crippen molar-refractivity contribution in [3.63, 3.8) is 0 Å². The highest BCUT2D eigenvalue weighted by atomic mass is 32.2. The van der Waals surface area contributed by atoms with Crippen molar-refractivity contribution in [2.75, 3.05) is 5.73 Å². The van der Waals surface area contributed by atoms with Gasteiger partial charge in [0.2, 0.25) is 5.16 Å². The van der Waals surface area contributed by atoms with Crippen LogP contribution in [0.1, 0.15) is 0 Å². The number of tetrazole rings is 1. The van der Waals surface area contributed by atoms with Crippen LogP contribution >= 0.6 is 11.8 Å². The zero-order chi connectivity index (χ0) is 12.7. The zero-order valence-corrected chi connectivity index (χ0v) is 10.1. The molecule has 3 aromatic rings. The summed E-state index contributed by atoms with van der Waals surface area (Å²) >= 11 is 1.31. The largest absolute Gasteiger partial charge is 0.417 e. The van der Waals surface area contributed by atoms with Crippen molar-refractivity contribution in [2.24, 2.45) is 7.05 Å². The van der Waals surface area contributed by atoms with Crippen LogP contribution in [0, 0.1) is 0 Å². The monoisotopic (exact) mass is 264 g/mol. The van der Waals surface area contributed by atoms with E-state index in [0.29, 0.717) is 21.9 Å². The fourth-order valence-corrected chi connectivity index (χ4v) is 2.28. The lowest BCUT2D eigenvalue weighted by Gasteiger charge is -2.03. The number of rotatable bonds is 2. The summed E-state index contributed by atoms with van der Waals surface area (Å²) in [6.45, 7) is 0. The van der Waals surface area contributed by atoms with Gasteiger partial charge in [-0.2, -0.15) is 0 Å². The summed E-state index contributed by atoms with van der Waals surface area (Å²) in [7, 11) is 1.73. The minimum Gasteiger partial charge on any atom is -0.408 e. The molecular weight excluding hydrogens is 256 g/mol. The predicted octanol–water partition coefficient (Wildman–Crippen LogP) is 0.378. The number of hydrogen-bond acceptors (Lipinski definition) is 7. The topological polar surface area (TPSA) is 116 Å². The first-order chi connectivity index (χ1) is 8.63.